The molecule has 0 aromatic carbocycles. The standard InChI is InChI=1S/C11H17Cl/c1-2-3-6-10-7-4-5-8-11(12)9-10/h2,9,11H,1,3-8H2. The Morgan fingerprint density at radius 2 is 2.42 bits per heavy atom. The molecule has 1 atom stereocenters. The van der Waals surface area contributed by atoms with Gasteiger partial charge < -0.3 is 0 Å². The summed E-state index contributed by atoms with van der Waals surface area (Å²) in [5.41, 5.74) is 1.53. The van der Waals surface area contributed by atoms with Crippen LogP contribution in [-0.2, 0) is 0 Å². The van der Waals surface area contributed by atoms with Crippen molar-refractivity contribution in [2.24, 2.45) is 0 Å². The maximum atomic E-state index is 6.09. The normalized spacial score (nSPS) is 24.4. The van der Waals surface area contributed by atoms with Crippen LogP contribution < -0.4 is 0 Å². The third kappa shape index (κ3) is 3.44. The van der Waals surface area contributed by atoms with Crippen molar-refractivity contribution >= 4 is 11.6 Å². The van der Waals surface area contributed by atoms with E-state index < -0.39 is 0 Å². The summed E-state index contributed by atoms with van der Waals surface area (Å²) in [5.74, 6) is 0. The predicted molar refractivity (Wildman–Crippen MR) is 55.6 cm³/mol. The van der Waals surface area contributed by atoms with E-state index in [-0.39, 0.29) is 5.38 Å². The second-order valence-corrected chi connectivity index (χ2v) is 3.97. The fourth-order valence-electron chi connectivity index (χ4n) is 1.61. The summed E-state index contributed by atoms with van der Waals surface area (Å²) >= 11 is 6.09. The molecule has 0 aromatic heterocycles. The molecule has 1 heteroatoms. The zero-order chi connectivity index (χ0) is 8.81. The van der Waals surface area contributed by atoms with Crippen molar-refractivity contribution in [3.63, 3.8) is 0 Å². The topological polar surface area (TPSA) is 0 Å². The van der Waals surface area contributed by atoms with Gasteiger partial charge in [0.1, 0.15) is 0 Å². The Balaban J connectivity index is 2.42. The maximum absolute atomic E-state index is 6.09. The van der Waals surface area contributed by atoms with Crippen molar-refractivity contribution in [3.8, 4) is 0 Å². The van der Waals surface area contributed by atoms with Crippen LogP contribution in [0.3, 0.4) is 0 Å². The van der Waals surface area contributed by atoms with Gasteiger partial charge in [0.25, 0.3) is 0 Å². The highest BCUT2D eigenvalue weighted by atomic mass is 35.5. The third-order valence-corrected chi connectivity index (χ3v) is 2.66. The van der Waals surface area contributed by atoms with E-state index in [1.54, 1.807) is 0 Å². The lowest BCUT2D eigenvalue weighted by Crippen LogP contribution is -1.91. The Bertz CT molecular complexity index is 170. The number of halogens is 1. The van der Waals surface area contributed by atoms with Crippen LogP contribution in [0, 0.1) is 0 Å². The fraction of sp³-hybridized carbons (Fsp3) is 0.636. The molecule has 1 aliphatic carbocycles. The van der Waals surface area contributed by atoms with Crippen molar-refractivity contribution in [3.05, 3.63) is 24.3 Å². The zero-order valence-corrected chi connectivity index (χ0v) is 8.32. The van der Waals surface area contributed by atoms with Gasteiger partial charge in [-0.2, -0.15) is 0 Å². The lowest BCUT2D eigenvalue weighted by Gasteiger charge is -2.02. The van der Waals surface area contributed by atoms with Crippen molar-refractivity contribution in [1.82, 2.24) is 0 Å². The van der Waals surface area contributed by atoms with E-state index in [1.165, 1.54) is 24.8 Å². The minimum Gasteiger partial charge on any atom is -0.118 e. The first-order valence-electron chi connectivity index (χ1n) is 4.77. The molecule has 1 aliphatic rings. The van der Waals surface area contributed by atoms with Crippen LogP contribution in [0.4, 0.5) is 0 Å². The SMILES string of the molecule is C=CCCC1=CC(Cl)CCCC1. The monoisotopic (exact) mass is 184 g/mol. The first-order valence-corrected chi connectivity index (χ1v) is 5.21. The second kappa shape index (κ2) is 5.42. The molecule has 12 heavy (non-hydrogen) atoms. The van der Waals surface area contributed by atoms with Crippen molar-refractivity contribution in [2.75, 3.05) is 0 Å². The number of rotatable bonds is 3. The van der Waals surface area contributed by atoms with Gasteiger partial charge in [0, 0.05) is 0 Å². The van der Waals surface area contributed by atoms with Crippen molar-refractivity contribution in [2.45, 2.75) is 43.9 Å². The van der Waals surface area contributed by atoms with E-state index in [0.29, 0.717) is 0 Å². The number of allylic oxidation sites excluding steroid dienone is 3. The molecular formula is C11H17Cl. The van der Waals surface area contributed by atoms with Gasteiger partial charge in [0.15, 0.2) is 0 Å². The van der Waals surface area contributed by atoms with Crippen molar-refractivity contribution < 1.29 is 0 Å². The van der Waals surface area contributed by atoms with Crippen LogP contribution in [0.15, 0.2) is 24.3 Å². The average molecular weight is 185 g/mol. The summed E-state index contributed by atoms with van der Waals surface area (Å²) in [5, 5.41) is 0.285. The van der Waals surface area contributed by atoms with Gasteiger partial charge in [0.05, 0.1) is 5.38 Å². The predicted octanol–water partition coefficient (Wildman–Crippen LogP) is 4.06. The molecule has 1 unspecified atom stereocenters. The molecule has 0 N–H and O–H groups in total. The Morgan fingerprint density at radius 3 is 3.17 bits per heavy atom. The van der Waals surface area contributed by atoms with E-state index in [2.05, 4.69) is 12.7 Å². The van der Waals surface area contributed by atoms with Crippen LogP contribution in [0.1, 0.15) is 38.5 Å². The van der Waals surface area contributed by atoms with Gasteiger partial charge in [-0.1, -0.05) is 24.1 Å². The summed E-state index contributed by atoms with van der Waals surface area (Å²) in [6.07, 6.45) is 11.5. The molecule has 0 nitrogen and oxygen atoms in total. The van der Waals surface area contributed by atoms with E-state index in [1.807, 2.05) is 6.08 Å². The smallest absolute Gasteiger partial charge is 0.0518 e. The highest BCUT2D eigenvalue weighted by molar-refractivity contribution is 6.21. The lowest BCUT2D eigenvalue weighted by atomic mass is 10.1. The van der Waals surface area contributed by atoms with Gasteiger partial charge in [-0.15, -0.1) is 18.2 Å². The van der Waals surface area contributed by atoms with Gasteiger partial charge in [-0.25, -0.2) is 0 Å². The lowest BCUT2D eigenvalue weighted by molar-refractivity contribution is 0.705. The largest absolute Gasteiger partial charge is 0.118 e. The first-order chi connectivity index (χ1) is 5.83. The molecule has 0 aromatic rings. The van der Waals surface area contributed by atoms with Crippen LogP contribution in [0.2, 0.25) is 0 Å². The summed E-state index contributed by atoms with van der Waals surface area (Å²) in [7, 11) is 0. The minimum absolute atomic E-state index is 0.285. The molecule has 68 valence electrons. The number of alkyl halides is 1. The second-order valence-electron chi connectivity index (χ2n) is 3.41. The van der Waals surface area contributed by atoms with Gasteiger partial charge in [-0.3, -0.25) is 0 Å². The molecule has 0 bridgehead atoms. The molecule has 0 fully saturated rings. The number of hydrogen-bond donors (Lipinski definition) is 0. The first kappa shape index (κ1) is 9.85. The van der Waals surface area contributed by atoms with E-state index in [0.717, 1.165) is 19.3 Å². The zero-order valence-electron chi connectivity index (χ0n) is 7.56. The summed E-state index contributed by atoms with van der Waals surface area (Å²) in [6, 6.07) is 0. The van der Waals surface area contributed by atoms with Crippen LogP contribution in [0.25, 0.3) is 0 Å². The Labute approximate surface area is 80.3 Å². The summed E-state index contributed by atoms with van der Waals surface area (Å²) in [4.78, 5) is 0. The molecular weight excluding hydrogens is 168 g/mol. The highest BCUT2D eigenvalue weighted by Crippen LogP contribution is 2.23. The van der Waals surface area contributed by atoms with Gasteiger partial charge >= 0.3 is 0 Å². The molecule has 0 radical (unpaired) electrons. The van der Waals surface area contributed by atoms with Crippen LogP contribution >= 0.6 is 11.6 Å². The number of hydrogen-bond acceptors (Lipinski definition) is 0. The Kier molecular flexibility index (Phi) is 4.45. The van der Waals surface area contributed by atoms with Crippen LogP contribution in [-0.4, -0.2) is 5.38 Å². The third-order valence-electron chi connectivity index (χ3n) is 2.31. The van der Waals surface area contributed by atoms with E-state index in [4.69, 9.17) is 11.6 Å². The van der Waals surface area contributed by atoms with Gasteiger partial charge in [-0.05, 0) is 32.1 Å². The quantitative estimate of drug-likeness (QED) is 0.459. The molecule has 0 aliphatic heterocycles. The Hall–Kier alpha value is -0.230. The van der Waals surface area contributed by atoms with E-state index >= 15 is 0 Å². The van der Waals surface area contributed by atoms with Crippen LogP contribution in [0.5, 0.6) is 0 Å². The maximum Gasteiger partial charge on any atom is 0.0518 e. The molecule has 0 saturated heterocycles. The fourth-order valence-corrected chi connectivity index (χ4v) is 1.94. The summed E-state index contributed by atoms with van der Waals surface area (Å²) < 4.78 is 0. The molecule has 0 spiro atoms. The Morgan fingerprint density at radius 1 is 1.58 bits per heavy atom. The van der Waals surface area contributed by atoms with Gasteiger partial charge in [0.2, 0.25) is 0 Å². The summed E-state index contributed by atoms with van der Waals surface area (Å²) in [6.45, 7) is 3.73. The molecule has 0 saturated carbocycles. The molecule has 1 rings (SSSR count). The minimum atomic E-state index is 0.285. The highest BCUT2D eigenvalue weighted by Gasteiger charge is 2.08. The average Bonchev–Trinajstić information content (AvgIpc) is 2.26. The molecule has 0 amide bonds. The van der Waals surface area contributed by atoms with Crippen molar-refractivity contribution in [1.29, 1.82) is 0 Å². The van der Waals surface area contributed by atoms with E-state index in [9.17, 15) is 0 Å². The molecule has 0 heterocycles.